The van der Waals surface area contributed by atoms with Crippen molar-refractivity contribution in [3.05, 3.63) is 60.7 Å². The molecule has 0 saturated carbocycles. The van der Waals surface area contributed by atoms with Gasteiger partial charge in [0.25, 0.3) is 0 Å². The van der Waals surface area contributed by atoms with E-state index in [2.05, 4.69) is 76.2 Å². The fraction of sp³-hybridized carbons (Fsp3) is 0. The number of hydrogen-bond acceptors (Lipinski definition) is 1. The van der Waals surface area contributed by atoms with Crippen LogP contribution >= 0.6 is 15.7 Å². The molecule has 0 heterocycles. The summed E-state index contributed by atoms with van der Waals surface area (Å²) in [7, 11) is 0.0267. The van der Waals surface area contributed by atoms with Crippen molar-refractivity contribution in [2.45, 2.75) is 0 Å². The molecule has 1 atom stereocenters. The first-order valence-electron chi connectivity index (χ1n) is 4.76. The Morgan fingerprint density at radius 2 is 1.12 bits per heavy atom. The molecule has 1 nitrogen and oxygen atoms in total. The summed E-state index contributed by atoms with van der Waals surface area (Å²) in [6.45, 7) is 0. The van der Waals surface area contributed by atoms with E-state index in [1.54, 1.807) is 0 Å². The molecule has 2 rings (SSSR count). The maximum absolute atomic E-state index is 8.90. The van der Waals surface area contributed by atoms with Crippen molar-refractivity contribution in [2.24, 2.45) is 0 Å². The molecule has 0 bridgehead atoms. The predicted octanol–water partition coefficient (Wildman–Crippen LogP) is 2.52. The molecule has 16 heavy (non-hydrogen) atoms. The summed E-state index contributed by atoms with van der Waals surface area (Å²) >= 11 is 3.01. The van der Waals surface area contributed by atoms with Gasteiger partial charge in [0.15, 0.2) is 0 Å². The fourth-order valence-corrected chi connectivity index (χ4v) is 2.26. The molecule has 0 amide bonds. The van der Waals surface area contributed by atoms with E-state index in [0.717, 1.165) is 8.58 Å². The average molecular weight is 291 g/mol. The third-order valence-electron chi connectivity index (χ3n) is 1.84. The molecule has 0 aromatic heterocycles. The van der Waals surface area contributed by atoms with Crippen LogP contribution in [0, 0.1) is 0 Å². The molecule has 4 heteroatoms. The molecule has 2 aromatic rings. The average Bonchev–Trinajstić information content (AvgIpc) is 2.33. The smallest absolute Gasteiger partial charge is 0.0226 e. The van der Waals surface area contributed by atoms with Gasteiger partial charge in [0.2, 0.25) is 0 Å². The van der Waals surface area contributed by atoms with Crippen molar-refractivity contribution in [3.63, 3.8) is 0 Å². The Hall–Kier alpha value is -0.381. The van der Waals surface area contributed by atoms with Gasteiger partial charge in [0.1, 0.15) is 0 Å². The van der Waals surface area contributed by atoms with Crippen LogP contribution in [0.4, 0.5) is 0 Å². The van der Waals surface area contributed by atoms with Crippen LogP contribution in [0.25, 0.3) is 0 Å². The van der Waals surface area contributed by atoms with Gasteiger partial charge in [0, 0.05) is 0 Å². The van der Waals surface area contributed by atoms with Crippen LogP contribution in [0.5, 0.6) is 0 Å². The minimum absolute atomic E-state index is 0.750. The Bertz CT molecular complexity index is 368. The maximum atomic E-state index is 8.90. The van der Waals surface area contributed by atoms with E-state index < -0.39 is 7.15 Å². The molecular weight excluding hydrogens is 278 g/mol. The van der Waals surface area contributed by atoms with E-state index in [4.69, 9.17) is 4.57 Å². The summed E-state index contributed by atoms with van der Waals surface area (Å²) in [5, 5.41) is 2.79. The van der Waals surface area contributed by atoms with Gasteiger partial charge in [0.05, 0.1) is 0 Å². The van der Waals surface area contributed by atoms with E-state index in [9.17, 15) is 0 Å². The minimum Gasteiger partial charge on any atom is -0.0622 e. The van der Waals surface area contributed by atoms with Crippen molar-refractivity contribution in [2.75, 3.05) is 0 Å². The Kier molecular flexibility index (Phi) is 7.47. The van der Waals surface area contributed by atoms with Crippen molar-refractivity contribution in [3.8, 4) is 0 Å². The summed E-state index contributed by atoms with van der Waals surface area (Å²) in [6.07, 6.45) is 0. The summed E-state index contributed by atoms with van der Waals surface area (Å²) in [5.41, 5.74) is 0. The molecular formula is C12H13FeOP2. The number of hydrogen-bond donors (Lipinski definition) is 0. The molecule has 0 aliphatic rings. The molecule has 0 aliphatic carbocycles. The molecule has 0 N–H and O–H groups in total. The van der Waals surface area contributed by atoms with Crippen molar-refractivity contribution in [1.29, 1.82) is 0 Å². The van der Waals surface area contributed by atoms with Crippen LogP contribution in [0.15, 0.2) is 60.7 Å². The number of rotatable bonds is 2. The summed E-state index contributed by atoms with van der Waals surface area (Å²) < 4.78 is 8.90. The zero-order valence-electron chi connectivity index (χ0n) is 8.61. The maximum Gasteiger partial charge on any atom is -0.0226 e. The van der Waals surface area contributed by atoms with Crippen molar-refractivity contribution >= 4 is 26.3 Å². The van der Waals surface area contributed by atoms with Crippen LogP contribution in [0.2, 0.25) is 0 Å². The Balaban J connectivity index is 0.000000386. The zero-order chi connectivity index (χ0) is 11.6. The van der Waals surface area contributed by atoms with Crippen LogP contribution < -0.4 is 10.6 Å². The first-order valence-corrected chi connectivity index (χ1v) is 8.55. The van der Waals surface area contributed by atoms with Gasteiger partial charge in [-0.05, 0) is 10.6 Å². The van der Waals surface area contributed by atoms with E-state index in [1.807, 2.05) is 0 Å². The second-order valence-corrected chi connectivity index (χ2v) is 5.29. The third kappa shape index (κ3) is 5.63. The van der Waals surface area contributed by atoms with Gasteiger partial charge >= 0.3 is 27.3 Å². The van der Waals surface area contributed by atoms with Crippen molar-refractivity contribution < 1.29 is 20.1 Å². The van der Waals surface area contributed by atoms with E-state index in [-0.39, 0.29) is 0 Å². The molecule has 0 aliphatic heterocycles. The predicted molar refractivity (Wildman–Crippen MR) is 70.9 cm³/mol. The molecule has 0 radical (unpaired) electrons. The standard InChI is InChI=1S/C12H11P.Fe.H2OP/c1-3-7-11(8-4-1)13-12-9-5-2-6-10-12;;1-2/h1-10,13H;;2H2/q;-1;+1. The molecule has 0 fully saturated rings. The monoisotopic (exact) mass is 291 g/mol. The van der Waals surface area contributed by atoms with E-state index in [0.29, 0.717) is 0 Å². The zero-order valence-corrected chi connectivity index (χ0v) is 11.9. The molecule has 85 valence electrons. The fourth-order valence-electron chi connectivity index (χ4n) is 1.21. The Morgan fingerprint density at radius 3 is 1.44 bits per heavy atom. The third-order valence-corrected chi connectivity index (χ3v) is 3.08. The number of benzene rings is 2. The van der Waals surface area contributed by atoms with Crippen LogP contribution in [0.3, 0.4) is 0 Å². The van der Waals surface area contributed by atoms with Crippen LogP contribution in [0.1, 0.15) is 0 Å². The van der Waals surface area contributed by atoms with E-state index in [1.165, 1.54) is 10.6 Å². The van der Waals surface area contributed by atoms with Gasteiger partial charge in [-0.1, -0.05) is 69.2 Å². The summed E-state index contributed by atoms with van der Waals surface area (Å²) in [6, 6.07) is 21.2. The largest absolute Gasteiger partial charge is 0.0622 e. The van der Waals surface area contributed by atoms with Gasteiger partial charge in [-0.2, -0.15) is 0 Å². The molecule has 0 spiro atoms. The summed E-state index contributed by atoms with van der Waals surface area (Å²) in [4.78, 5) is 0. The Morgan fingerprint density at radius 1 is 0.812 bits per heavy atom. The topological polar surface area (TPSA) is 17.1 Å². The second-order valence-electron chi connectivity index (χ2n) is 2.94. The molecule has 0 saturated heterocycles. The summed E-state index contributed by atoms with van der Waals surface area (Å²) in [5.74, 6) is 0. The van der Waals surface area contributed by atoms with Crippen LogP contribution in [-0.2, 0) is 20.1 Å². The molecule has 1 unspecified atom stereocenters. The first kappa shape index (κ1) is 13.7. The normalized spacial score (nSPS) is 9.81. The van der Waals surface area contributed by atoms with Gasteiger partial charge in [-0.15, -0.1) is 0 Å². The first-order chi connectivity index (χ1) is 7.86. The van der Waals surface area contributed by atoms with Gasteiger partial charge in [-0.25, -0.2) is 0 Å². The Labute approximate surface area is 107 Å². The van der Waals surface area contributed by atoms with Crippen LogP contribution in [-0.4, -0.2) is 0 Å². The quantitative estimate of drug-likeness (QED) is 0.614. The SMILES string of the molecule is O=[PH2][Fe].c1ccc(Pc2ccccc2)cc1. The molecule has 2 aromatic carbocycles. The van der Waals surface area contributed by atoms with Gasteiger partial charge < -0.3 is 0 Å². The van der Waals surface area contributed by atoms with Gasteiger partial charge in [-0.3, -0.25) is 0 Å². The minimum atomic E-state index is -0.750. The van der Waals surface area contributed by atoms with Crippen molar-refractivity contribution in [1.82, 2.24) is 0 Å². The van der Waals surface area contributed by atoms with E-state index >= 15 is 0 Å². The second kappa shape index (κ2) is 8.74.